The minimum absolute atomic E-state index is 0.337. The van der Waals surface area contributed by atoms with Gasteiger partial charge in [0.1, 0.15) is 5.75 Å². The van der Waals surface area contributed by atoms with Crippen molar-refractivity contribution in [3.63, 3.8) is 0 Å². The standard InChI is InChI=1S/C24H35O6Si/c1-13(12-14(2)21(25)26)10-11-16-19(24(4,5)6)18-17(15(3)20(16)28-7)23(29-22(18)27)30-31(8)9/h10,14,23H,11-12H2,1-9H3,(H,25,26). The predicted octanol–water partition coefficient (Wildman–Crippen LogP) is 5.34. The predicted molar refractivity (Wildman–Crippen MR) is 122 cm³/mol. The number of benzene rings is 1. The van der Waals surface area contributed by atoms with Crippen LogP contribution in [-0.4, -0.2) is 33.2 Å². The molecule has 0 spiro atoms. The molecule has 0 saturated heterocycles. The van der Waals surface area contributed by atoms with Crippen LogP contribution in [0.3, 0.4) is 0 Å². The van der Waals surface area contributed by atoms with Crippen molar-refractivity contribution in [2.45, 2.75) is 79.2 Å². The van der Waals surface area contributed by atoms with Gasteiger partial charge in [0.2, 0.25) is 15.3 Å². The molecule has 1 radical (unpaired) electrons. The average molecular weight is 448 g/mol. The summed E-state index contributed by atoms with van der Waals surface area (Å²) in [5.41, 5.74) is 4.69. The molecule has 0 fully saturated rings. The maximum absolute atomic E-state index is 13.0. The lowest BCUT2D eigenvalue weighted by Gasteiger charge is -2.28. The van der Waals surface area contributed by atoms with E-state index in [1.165, 1.54) is 0 Å². The first-order valence-electron chi connectivity index (χ1n) is 10.6. The summed E-state index contributed by atoms with van der Waals surface area (Å²) in [5, 5.41) is 9.20. The Labute approximate surface area is 187 Å². The van der Waals surface area contributed by atoms with E-state index >= 15 is 0 Å². The van der Waals surface area contributed by atoms with Gasteiger partial charge in [-0.1, -0.05) is 39.3 Å². The molecule has 0 aliphatic carbocycles. The molecule has 1 aromatic rings. The summed E-state index contributed by atoms with van der Waals surface area (Å²) in [4.78, 5) is 24.2. The molecule has 0 bridgehead atoms. The third-order valence-corrected chi connectivity index (χ3v) is 6.18. The van der Waals surface area contributed by atoms with Crippen molar-refractivity contribution in [1.82, 2.24) is 0 Å². The zero-order chi connectivity index (χ0) is 23.7. The fourth-order valence-corrected chi connectivity index (χ4v) is 4.78. The van der Waals surface area contributed by atoms with Gasteiger partial charge in [-0.05, 0) is 50.8 Å². The minimum atomic E-state index is -1.09. The van der Waals surface area contributed by atoms with E-state index in [2.05, 4.69) is 20.8 Å². The number of ether oxygens (including phenoxy) is 2. The van der Waals surface area contributed by atoms with Gasteiger partial charge in [-0.3, -0.25) is 4.79 Å². The fraction of sp³-hybridized carbons (Fsp3) is 0.583. The van der Waals surface area contributed by atoms with E-state index in [1.807, 2.05) is 33.0 Å². The average Bonchev–Trinajstić information content (AvgIpc) is 2.94. The van der Waals surface area contributed by atoms with Crippen LogP contribution < -0.4 is 4.74 Å². The van der Waals surface area contributed by atoms with Crippen LogP contribution in [0.25, 0.3) is 0 Å². The summed E-state index contributed by atoms with van der Waals surface area (Å²) in [6, 6.07) is 0. The van der Waals surface area contributed by atoms with Crippen molar-refractivity contribution >= 4 is 21.0 Å². The normalized spacial score (nSPS) is 17.5. The van der Waals surface area contributed by atoms with Crippen LogP contribution in [0.15, 0.2) is 11.6 Å². The van der Waals surface area contributed by atoms with Gasteiger partial charge in [-0.15, -0.1) is 0 Å². The van der Waals surface area contributed by atoms with Crippen LogP contribution in [-0.2, 0) is 25.8 Å². The van der Waals surface area contributed by atoms with Crippen molar-refractivity contribution in [1.29, 1.82) is 0 Å². The van der Waals surface area contributed by atoms with Crippen LogP contribution in [0.1, 0.15) is 79.9 Å². The summed E-state index contributed by atoms with van der Waals surface area (Å²) in [6.45, 7) is 15.8. The number of carbonyl (C=O) groups excluding carboxylic acids is 1. The van der Waals surface area contributed by atoms with Gasteiger partial charge in [-0.25, -0.2) is 4.79 Å². The van der Waals surface area contributed by atoms with Crippen LogP contribution >= 0.6 is 0 Å². The van der Waals surface area contributed by atoms with E-state index in [0.29, 0.717) is 18.4 Å². The number of aliphatic carboxylic acids is 1. The number of methoxy groups -OCH3 is 1. The summed E-state index contributed by atoms with van der Waals surface area (Å²) in [7, 11) is 0.544. The van der Waals surface area contributed by atoms with E-state index in [0.717, 1.165) is 33.6 Å². The number of hydrogen-bond donors (Lipinski definition) is 1. The van der Waals surface area contributed by atoms with Crippen molar-refractivity contribution in [2.24, 2.45) is 5.92 Å². The second-order valence-electron chi connectivity index (χ2n) is 9.51. The van der Waals surface area contributed by atoms with Crippen LogP contribution in [0, 0.1) is 12.8 Å². The third kappa shape index (κ3) is 5.38. The Bertz CT molecular complexity index is 895. The molecule has 1 aromatic carbocycles. The lowest BCUT2D eigenvalue weighted by Crippen LogP contribution is -2.21. The smallest absolute Gasteiger partial charge is 0.341 e. The maximum Gasteiger partial charge on any atom is 0.341 e. The van der Waals surface area contributed by atoms with Gasteiger partial charge in [0.15, 0.2) is 0 Å². The molecule has 1 aliphatic rings. The highest BCUT2D eigenvalue weighted by Gasteiger charge is 2.41. The van der Waals surface area contributed by atoms with Gasteiger partial charge >= 0.3 is 11.9 Å². The van der Waals surface area contributed by atoms with E-state index in [9.17, 15) is 14.7 Å². The van der Waals surface area contributed by atoms with Crippen molar-refractivity contribution in [2.75, 3.05) is 7.11 Å². The minimum Gasteiger partial charge on any atom is -0.496 e. The van der Waals surface area contributed by atoms with Gasteiger partial charge in [0.25, 0.3) is 0 Å². The quantitative estimate of drug-likeness (QED) is 0.329. The maximum atomic E-state index is 13.0. The first kappa shape index (κ1) is 25.1. The lowest BCUT2D eigenvalue weighted by atomic mass is 9.76. The number of fused-ring (bicyclic) bond motifs is 1. The van der Waals surface area contributed by atoms with Crippen LogP contribution in [0.2, 0.25) is 13.1 Å². The molecule has 171 valence electrons. The molecule has 2 atom stereocenters. The van der Waals surface area contributed by atoms with Crippen molar-refractivity contribution in [3.8, 4) is 5.75 Å². The Morgan fingerprint density at radius 2 is 1.94 bits per heavy atom. The number of rotatable bonds is 8. The molecule has 1 heterocycles. The number of carboxylic acid groups (broad SMARTS) is 1. The number of allylic oxidation sites excluding steroid dienone is 2. The molecule has 0 amide bonds. The molecule has 6 nitrogen and oxygen atoms in total. The topological polar surface area (TPSA) is 82.1 Å². The Balaban J connectivity index is 2.67. The van der Waals surface area contributed by atoms with E-state index < -0.39 is 27.2 Å². The van der Waals surface area contributed by atoms with Gasteiger partial charge < -0.3 is 19.0 Å². The Morgan fingerprint density at radius 3 is 2.42 bits per heavy atom. The SMILES string of the molecule is COc1c(C)c2c(c(C(C)(C)C)c1CC=C(C)CC(C)C(=O)O)C(=O)OC2O[Si](C)C. The van der Waals surface area contributed by atoms with Gasteiger partial charge in [0, 0.05) is 16.7 Å². The van der Waals surface area contributed by atoms with Crippen molar-refractivity contribution < 1.29 is 28.6 Å². The number of cyclic esters (lactones) is 1. The van der Waals surface area contributed by atoms with Crippen LogP contribution in [0.4, 0.5) is 0 Å². The summed E-state index contributed by atoms with van der Waals surface area (Å²) >= 11 is 0. The Kier molecular flexibility index (Phi) is 7.76. The summed E-state index contributed by atoms with van der Waals surface area (Å²) < 4.78 is 17.5. The molecule has 2 rings (SSSR count). The number of hydrogen-bond acceptors (Lipinski definition) is 5. The van der Waals surface area contributed by atoms with Crippen molar-refractivity contribution in [3.05, 3.63) is 39.5 Å². The highest BCUT2D eigenvalue weighted by atomic mass is 28.3. The fourth-order valence-electron chi connectivity index (χ4n) is 4.18. The zero-order valence-corrected chi connectivity index (χ0v) is 21.1. The van der Waals surface area contributed by atoms with Gasteiger partial charge in [0.05, 0.1) is 18.6 Å². The summed E-state index contributed by atoms with van der Waals surface area (Å²) in [6.07, 6.45) is 2.34. The zero-order valence-electron chi connectivity index (χ0n) is 20.1. The largest absolute Gasteiger partial charge is 0.496 e. The number of esters is 1. The molecule has 0 saturated carbocycles. The van der Waals surface area contributed by atoms with Crippen LogP contribution in [0.5, 0.6) is 5.75 Å². The lowest BCUT2D eigenvalue weighted by molar-refractivity contribution is -0.141. The first-order chi connectivity index (χ1) is 14.3. The second-order valence-corrected chi connectivity index (χ2v) is 11.6. The number of carbonyl (C=O) groups is 2. The highest BCUT2D eigenvalue weighted by molar-refractivity contribution is 6.48. The molecule has 31 heavy (non-hydrogen) atoms. The molecule has 2 unspecified atom stereocenters. The van der Waals surface area contributed by atoms with E-state index in [4.69, 9.17) is 13.9 Å². The Hall–Kier alpha value is -2.12. The highest BCUT2D eigenvalue weighted by Crippen LogP contribution is 2.47. The molecule has 1 N–H and O–H groups in total. The second kappa shape index (κ2) is 9.57. The molecular weight excluding hydrogens is 412 g/mol. The molecule has 1 aliphatic heterocycles. The van der Waals surface area contributed by atoms with E-state index in [1.54, 1.807) is 14.0 Å². The number of carboxylic acids is 1. The third-order valence-electron chi connectivity index (χ3n) is 5.49. The van der Waals surface area contributed by atoms with E-state index in [-0.39, 0.29) is 11.4 Å². The van der Waals surface area contributed by atoms with Gasteiger partial charge in [-0.2, -0.15) is 0 Å². The first-order valence-corrected chi connectivity index (χ1v) is 13.0. The summed E-state index contributed by atoms with van der Waals surface area (Å²) in [5.74, 6) is -0.892. The molecular formula is C24H35O6Si. The Morgan fingerprint density at radius 1 is 1.32 bits per heavy atom. The molecule has 0 aromatic heterocycles. The monoisotopic (exact) mass is 447 g/mol. The molecule has 7 heteroatoms.